The molecule has 2 heterocycles. The minimum absolute atomic E-state index is 0.00387. The number of nitrogens with one attached hydrogen (secondary N) is 1. The van der Waals surface area contributed by atoms with Gasteiger partial charge in [0, 0.05) is 19.0 Å². The van der Waals surface area contributed by atoms with Gasteiger partial charge in [0.25, 0.3) is 10.0 Å². The molecule has 0 saturated heterocycles. The zero-order chi connectivity index (χ0) is 18.1. The van der Waals surface area contributed by atoms with Gasteiger partial charge in [-0.25, -0.2) is 8.42 Å². The number of hydrogen-bond donors (Lipinski definition) is 2. The van der Waals surface area contributed by atoms with Gasteiger partial charge in [0.2, 0.25) is 0 Å². The molecule has 7 nitrogen and oxygen atoms in total. The van der Waals surface area contributed by atoms with Crippen molar-refractivity contribution >= 4 is 16.0 Å². The lowest BCUT2D eigenvalue weighted by atomic mass is 9.76. The van der Waals surface area contributed by atoms with Crippen LogP contribution >= 0.6 is 0 Å². The van der Waals surface area contributed by atoms with Crippen LogP contribution in [0.1, 0.15) is 57.6 Å². The highest BCUT2D eigenvalue weighted by atomic mass is 32.2. The number of hydrogen-bond acceptors (Lipinski definition) is 6. The Morgan fingerprint density at radius 2 is 2.12 bits per heavy atom. The SMILES string of the molecule is CC12CCCCC1(C)S(=O)(=O)N=C(N[C@@H](CCO)c1cccnc1)O2. The van der Waals surface area contributed by atoms with Crippen molar-refractivity contribution in [2.24, 2.45) is 4.40 Å². The number of amidine groups is 1. The summed E-state index contributed by atoms with van der Waals surface area (Å²) < 4.78 is 34.7. The topological polar surface area (TPSA) is 101 Å². The molecule has 0 bridgehead atoms. The van der Waals surface area contributed by atoms with Crippen molar-refractivity contribution in [3.63, 3.8) is 0 Å². The highest BCUT2D eigenvalue weighted by Gasteiger charge is 2.60. The van der Waals surface area contributed by atoms with Crippen molar-refractivity contribution in [1.29, 1.82) is 0 Å². The third-order valence-electron chi connectivity index (χ3n) is 5.57. The van der Waals surface area contributed by atoms with Gasteiger partial charge in [0.1, 0.15) is 10.3 Å². The molecule has 1 aromatic rings. The van der Waals surface area contributed by atoms with E-state index in [1.54, 1.807) is 25.4 Å². The number of sulfonamides is 1. The molecule has 25 heavy (non-hydrogen) atoms. The number of nitrogens with zero attached hydrogens (tertiary/aromatic N) is 2. The highest BCUT2D eigenvalue weighted by Crippen LogP contribution is 2.48. The average Bonchev–Trinajstić information content (AvgIpc) is 2.56. The molecule has 1 aliphatic carbocycles. The first-order valence-corrected chi connectivity index (χ1v) is 10.1. The van der Waals surface area contributed by atoms with Crippen LogP contribution in [0.3, 0.4) is 0 Å². The van der Waals surface area contributed by atoms with Gasteiger partial charge in [0.05, 0.1) is 6.04 Å². The van der Waals surface area contributed by atoms with Crippen molar-refractivity contribution < 1.29 is 18.3 Å². The Morgan fingerprint density at radius 1 is 1.36 bits per heavy atom. The molecule has 0 spiro atoms. The summed E-state index contributed by atoms with van der Waals surface area (Å²) in [5, 5.41) is 12.4. The molecule has 2 unspecified atom stereocenters. The van der Waals surface area contributed by atoms with E-state index in [-0.39, 0.29) is 18.7 Å². The summed E-state index contributed by atoms with van der Waals surface area (Å²) in [5.41, 5.74) is 0.0229. The number of aliphatic hydroxyl groups excluding tert-OH is 1. The van der Waals surface area contributed by atoms with E-state index >= 15 is 0 Å². The van der Waals surface area contributed by atoms with Gasteiger partial charge in [-0.3, -0.25) is 4.98 Å². The van der Waals surface area contributed by atoms with E-state index in [0.29, 0.717) is 19.3 Å². The van der Waals surface area contributed by atoms with Crippen LogP contribution in [0, 0.1) is 0 Å². The summed E-state index contributed by atoms with van der Waals surface area (Å²) in [6.45, 7) is 3.53. The molecule has 8 heteroatoms. The molecule has 1 aromatic heterocycles. The van der Waals surface area contributed by atoms with Gasteiger partial charge in [-0.15, -0.1) is 4.40 Å². The molecule has 3 rings (SSSR count). The normalized spacial score (nSPS) is 32.0. The van der Waals surface area contributed by atoms with E-state index in [4.69, 9.17) is 4.74 Å². The summed E-state index contributed by atoms with van der Waals surface area (Å²) >= 11 is 0. The van der Waals surface area contributed by atoms with Crippen LogP contribution in [0.4, 0.5) is 0 Å². The summed E-state index contributed by atoms with van der Waals surface area (Å²) in [5.74, 6) is 0. The molecule has 2 aliphatic rings. The van der Waals surface area contributed by atoms with Crippen LogP contribution in [-0.4, -0.2) is 41.5 Å². The number of ether oxygens (including phenoxy) is 1. The van der Waals surface area contributed by atoms with Crippen LogP contribution in [0.5, 0.6) is 0 Å². The van der Waals surface area contributed by atoms with Crippen LogP contribution in [0.15, 0.2) is 28.9 Å². The molecule has 0 radical (unpaired) electrons. The monoisotopic (exact) mass is 367 g/mol. The van der Waals surface area contributed by atoms with Gasteiger partial charge < -0.3 is 15.2 Å². The van der Waals surface area contributed by atoms with Gasteiger partial charge in [-0.05, 0) is 51.2 Å². The lowest BCUT2D eigenvalue weighted by molar-refractivity contribution is -0.00636. The Labute approximate surface area is 148 Å². The maximum absolute atomic E-state index is 12.9. The van der Waals surface area contributed by atoms with Crippen LogP contribution in [0.25, 0.3) is 0 Å². The quantitative estimate of drug-likeness (QED) is 0.843. The number of pyridine rings is 1. The van der Waals surface area contributed by atoms with E-state index in [9.17, 15) is 13.5 Å². The zero-order valence-electron chi connectivity index (χ0n) is 14.6. The molecule has 0 amide bonds. The summed E-state index contributed by atoms with van der Waals surface area (Å²) in [6.07, 6.45) is 6.73. The lowest BCUT2D eigenvalue weighted by Gasteiger charge is -2.49. The molecule has 1 aliphatic heterocycles. The first-order chi connectivity index (χ1) is 11.8. The van der Waals surface area contributed by atoms with E-state index in [2.05, 4.69) is 14.7 Å². The smallest absolute Gasteiger partial charge is 0.301 e. The van der Waals surface area contributed by atoms with Gasteiger partial charge in [-0.1, -0.05) is 12.5 Å². The second-order valence-electron chi connectivity index (χ2n) is 7.14. The van der Waals surface area contributed by atoms with Crippen LogP contribution < -0.4 is 5.32 Å². The summed E-state index contributed by atoms with van der Waals surface area (Å²) in [7, 11) is -3.71. The Kier molecular flexibility index (Phi) is 4.76. The lowest BCUT2D eigenvalue weighted by Crippen LogP contribution is -2.62. The zero-order valence-corrected chi connectivity index (χ0v) is 15.4. The molecule has 3 atom stereocenters. The third-order valence-corrected chi connectivity index (χ3v) is 7.75. The Morgan fingerprint density at radius 3 is 2.80 bits per heavy atom. The fraction of sp³-hybridized carbons (Fsp3) is 0.647. The Bertz CT molecular complexity index is 752. The fourth-order valence-electron chi connectivity index (χ4n) is 3.69. The number of aliphatic hydroxyl groups is 1. The Hall–Kier alpha value is -1.67. The van der Waals surface area contributed by atoms with E-state index in [1.807, 2.05) is 13.0 Å². The third kappa shape index (κ3) is 3.13. The van der Waals surface area contributed by atoms with Crippen molar-refractivity contribution in [3.8, 4) is 0 Å². The molecule has 2 N–H and O–H groups in total. The minimum atomic E-state index is -3.71. The first kappa shape index (κ1) is 18.1. The van der Waals surface area contributed by atoms with Crippen molar-refractivity contribution in [1.82, 2.24) is 10.3 Å². The minimum Gasteiger partial charge on any atom is -0.456 e. The highest BCUT2D eigenvalue weighted by molar-refractivity contribution is 7.91. The molecule has 1 saturated carbocycles. The second-order valence-corrected chi connectivity index (χ2v) is 9.17. The predicted molar refractivity (Wildman–Crippen MR) is 94.5 cm³/mol. The van der Waals surface area contributed by atoms with Crippen LogP contribution in [-0.2, 0) is 14.8 Å². The van der Waals surface area contributed by atoms with Gasteiger partial charge in [0.15, 0.2) is 0 Å². The maximum Gasteiger partial charge on any atom is 0.301 e. The molecule has 138 valence electrons. The van der Waals surface area contributed by atoms with Gasteiger partial charge in [-0.2, -0.15) is 0 Å². The molecule has 1 fully saturated rings. The average molecular weight is 367 g/mol. The van der Waals surface area contributed by atoms with Crippen molar-refractivity contribution in [3.05, 3.63) is 30.1 Å². The van der Waals surface area contributed by atoms with Crippen molar-refractivity contribution in [2.75, 3.05) is 6.61 Å². The van der Waals surface area contributed by atoms with Crippen molar-refractivity contribution in [2.45, 2.75) is 62.3 Å². The number of rotatable bonds is 4. The second kappa shape index (κ2) is 6.57. The molecular weight excluding hydrogens is 342 g/mol. The number of aromatic nitrogens is 1. The molecule has 0 aromatic carbocycles. The Balaban J connectivity index is 1.92. The molecular formula is C17H25N3O4S. The maximum atomic E-state index is 12.9. The largest absolute Gasteiger partial charge is 0.456 e. The predicted octanol–water partition coefficient (Wildman–Crippen LogP) is 1.90. The van der Waals surface area contributed by atoms with E-state index in [0.717, 1.165) is 18.4 Å². The van der Waals surface area contributed by atoms with E-state index < -0.39 is 20.4 Å². The summed E-state index contributed by atoms with van der Waals surface area (Å²) in [4.78, 5) is 4.08. The van der Waals surface area contributed by atoms with Crippen LogP contribution in [0.2, 0.25) is 0 Å². The summed E-state index contributed by atoms with van der Waals surface area (Å²) in [6, 6.07) is 3.33. The number of fused-ring (bicyclic) bond motifs is 1. The standard InChI is InChI=1S/C17H25N3O4S/c1-16-8-3-4-9-17(16,2)25(22,23)20-15(24-16)19-14(7-11-21)13-6-5-10-18-12-13/h5-6,10,12,14,21H,3-4,7-9,11H2,1-2H3,(H,19,20)/t14-,16?,17?/m0/s1. The van der Waals surface area contributed by atoms with E-state index in [1.165, 1.54) is 0 Å². The first-order valence-electron chi connectivity index (χ1n) is 8.62. The van der Waals surface area contributed by atoms with Gasteiger partial charge >= 0.3 is 6.02 Å². The fourth-order valence-corrected chi connectivity index (χ4v) is 5.30.